The molecule has 3 aromatic carbocycles. The minimum absolute atomic E-state index is 0.0174. The number of phenolic OH excluding ortho intramolecular Hbond substituents is 2. The largest absolute Gasteiger partial charge is 0.508 e. The lowest BCUT2D eigenvalue weighted by molar-refractivity contribution is -0.118. The molecule has 2 aliphatic carbocycles. The molecule has 248 valence electrons. The monoisotopic (exact) mass is 623 g/mol. The summed E-state index contributed by atoms with van der Waals surface area (Å²) in [5.41, 5.74) is 8.21. The van der Waals surface area contributed by atoms with Crippen molar-refractivity contribution in [1.82, 2.24) is 0 Å². The zero-order chi connectivity index (χ0) is 33.8. The highest BCUT2D eigenvalue weighted by Crippen LogP contribution is 2.64. The summed E-state index contributed by atoms with van der Waals surface area (Å²) in [6.45, 7) is 22.5. The lowest BCUT2D eigenvalue weighted by Crippen LogP contribution is -2.26. The van der Waals surface area contributed by atoms with Gasteiger partial charge in [0.05, 0.1) is 0 Å². The van der Waals surface area contributed by atoms with E-state index in [0.29, 0.717) is 36.2 Å². The molecule has 0 heterocycles. The van der Waals surface area contributed by atoms with E-state index in [1.54, 1.807) is 0 Å². The van der Waals surface area contributed by atoms with E-state index in [1.807, 2.05) is 30.3 Å². The van der Waals surface area contributed by atoms with Gasteiger partial charge in [0.2, 0.25) is 5.91 Å². The normalized spacial score (nSPS) is 20.7. The fourth-order valence-corrected chi connectivity index (χ4v) is 8.48. The molecule has 3 aromatic rings. The van der Waals surface area contributed by atoms with Crippen LogP contribution in [0.25, 0.3) is 0 Å². The second-order valence-electron chi connectivity index (χ2n) is 16.9. The smallest absolute Gasteiger partial charge is 0.224 e. The van der Waals surface area contributed by atoms with E-state index in [1.165, 1.54) is 22.3 Å². The van der Waals surface area contributed by atoms with Gasteiger partial charge in [0.1, 0.15) is 11.5 Å². The maximum absolute atomic E-state index is 13.0. The average molecular weight is 624 g/mol. The van der Waals surface area contributed by atoms with E-state index in [2.05, 4.69) is 92.8 Å². The van der Waals surface area contributed by atoms with Crippen LogP contribution in [0, 0.1) is 17.3 Å². The van der Waals surface area contributed by atoms with Crippen LogP contribution in [0.3, 0.4) is 0 Å². The Hall–Kier alpha value is -3.27. The predicted molar refractivity (Wildman–Crippen MR) is 191 cm³/mol. The molecule has 0 saturated carbocycles. The first-order valence-corrected chi connectivity index (χ1v) is 17.5. The van der Waals surface area contributed by atoms with Crippen LogP contribution in [0.4, 0.5) is 5.69 Å². The van der Waals surface area contributed by atoms with Gasteiger partial charge in [0.25, 0.3) is 0 Å². The van der Waals surface area contributed by atoms with Crippen LogP contribution in [-0.4, -0.2) is 16.1 Å². The van der Waals surface area contributed by atoms with Crippen molar-refractivity contribution in [2.75, 3.05) is 5.32 Å². The van der Waals surface area contributed by atoms with Gasteiger partial charge >= 0.3 is 0 Å². The highest BCUT2D eigenvalue weighted by atomic mass is 16.3. The van der Waals surface area contributed by atoms with Crippen LogP contribution in [0.15, 0.2) is 48.5 Å². The summed E-state index contributed by atoms with van der Waals surface area (Å²) in [6, 6.07) is 16.5. The number of fused-ring (bicyclic) bond motifs is 4. The van der Waals surface area contributed by atoms with Crippen molar-refractivity contribution in [2.45, 2.75) is 130 Å². The summed E-state index contributed by atoms with van der Waals surface area (Å²) in [6.07, 6.45) is 5.80. The highest BCUT2D eigenvalue weighted by molar-refractivity contribution is 5.92. The van der Waals surface area contributed by atoms with E-state index in [-0.39, 0.29) is 27.6 Å². The molecule has 3 unspecified atom stereocenters. The van der Waals surface area contributed by atoms with Crippen molar-refractivity contribution in [2.24, 2.45) is 17.3 Å². The Labute approximate surface area is 278 Å². The zero-order valence-corrected chi connectivity index (χ0v) is 30.0. The number of aromatic hydroxyl groups is 2. The first-order chi connectivity index (χ1) is 21.4. The number of amides is 1. The van der Waals surface area contributed by atoms with E-state index in [0.717, 1.165) is 54.5 Å². The minimum Gasteiger partial charge on any atom is -0.508 e. The lowest BCUT2D eigenvalue weighted by atomic mass is 9.72. The summed E-state index contributed by atoms with van der Waals surface area (Å²) < 4.78 is 0. The molecule has 4 heteroatoms. The van der Waals surface area contributed by atoms with Gasteiger partial charge in [0.15, 0.2) is 0 Å². The fraction of sp³-hybridized carbons (Fsp3) is 0.548. The van der Waals surface area contributed by atoms with Gasteiger partial charge in [-0.3, -0.25) is 4.79 Å². The Morgan fingerprint density at radius 1 is 0.804 bits per heavy atom. The second-order valence-corrected chi connectivity index (χ2v) is 16.9. The molecule has 3 atom stereocenters. The Bertz CT molecular complexity index is 1630. The molecule has 0 radical (unpaired) electrons. The third-order valence-electron chi connectivity index (χ3n) is 11.8. The van der Waals surface area contributed by atoms with E-state index < -0.39 is 0 Å². The third kappa shape index (κ3) is 6.21. The van der Waals surface area contributed by atoms with Gasteiger partial charge in [-0.15, -0.1) is 0 Å². The number of phenols is 2. The Balaban J connectivity index is 1.52. The number of carbonyl (C=O) groups excluding carboxylic acids is 1. The molecular weight excluding hydrogens is 566 g/mol. The predicted octanol–water partition coefficient (Wildman–Crippen LogP) is 10.3. The quantitative estimate of drug-likeness (QED) is 0.210. The number of hydrogen-bond acceptors (Lipinski definition) is 3. The Morgan fingerprint density at radius 3 is 1.91 bits per heavy atom. The van der Waals surface area contributed by atoms with Gasteiger partial charge in [0, 0.05) is 23.9 Å². The molecule has 0 aromatic heterocycles. The maximum Gasteiger partial charge on any atom is 0.224 e. The Morgan fingerprint density at radius 2 is 1.35 bits per heavy atom. The summed E-state index contributed by atoms with van der Waals surface area (Å²) in [7, 11) is 0. The van der Waals surface area contributed by atoms with Crippen LogP contribution in [0.5, 0.6) is 11.5 Å². The first kappa shape index (κ1) is 34.1. The van der Waals surface area contributed by atoms with E-state index >= 15 is 0 Å². The van der Waals surface area contributed by atoms with Gasteiger partial charge in [-0.25, -0.2) is 0 Å². The van der Waals surface area contributed by atoms with Crippen molar-refractivity contribution in [1.29, 1.82) is 0 Å². The summed E-state index contributed by atoms with van der Waals surface area (Å²) in [4.78, 5) is 13.0. The first-order valence-electron chi connectivity index (χ1n) is 17.5. The van der Waals surface area contributed by atoms with Crippen LogP contribution in [0.1, 0.15) is 140 Å². The minimum atomic E-state index is -0.274. The molecule has 1 spiro atoms. The average Bonchev–Trinajstić information content (AvgIpc) is 3.32. The number of benzene rings is 3. The second kappa shape index (κ2) is 12.1. The SMILES string of the molecule is CCC(C)C(C)Cc1cc2c(cc1O)C1(CC(C)(C)c3cc(Cc4ccccc4NC(=O)CC(C)(C)CC)c(O)cc31)CC2(C)C. The van der Waals surface area contributed by atoms with Crippen molar-refractivity contribution >= 4 is 11.6 Å². The van der Waals surface area contributed by atoms with Crippen LogP contribution >= 0.6 is 0 Å². The van der Waals surface area contributed by atoms with Gasteiger partial charge < -0.3 is 15.5 Å². The van der Waals surface area contributed by atoms with Crippen molar-refractivity contribution in [3.8, 4) is 11.5 Å². The third-order valence-corrected chi connectivity index (χ3v) is 11.8. The standard InChI is InChI=1S/C42H57NO3/c1-11-26(3)27(4)17-29-19-31-33(21-36(29)44)42(24-40(31,7)8)25-41(9,10)32-20-30(37(45)22-34(32)42)18-28-15-13-14-16-35(28)43-38(46)23-39(5,6)12-2/h13-16,19-22,26-27,44-45H,11-12,17-18,23-25H2,1-10H3,(H,43,46). The van der Waals surface area contributed by atoms with Gasteiger partial charge in [-0.2, -0.15) is 0 Å². The lowest BCUT2D eigenvalue weighted by Gasteiger charge is -2.30. The molecule has 0 saturated heterocycles. The number of anilines is 1. The fourth-order valence-electron chi connectivity index (χ4n) is 8.48. The van der Waals surface area contributed by atoms with Gasteiger partial charge in [-0.1, -0.05) is 112 Å². The van der Waals surface area contributed by atoms with Crippen molar-refractivity contribution in [3.05, 3.63) is 87.5 Å². The summed E-state index contributed by atoms with van der Waals surface area (Å²) >= 11 is 0. The summed E-state index contributed by atoms with van der Waals surface area (Å²) in [5.74, 6) is 1.81. The Kier molecular flexibility index (Phi) is 8.94. The van der Waals surface area contributed by atoms with Crippen molar-refractivity contribution < 1.29 is 15.0 Å². The topological polar surface area (TPSA) is 69.6 Å². The van der Waals surface area contributed by atoms with Crippen LogP contribution in [0.2, 0.25) is 0 Å². The number of carbonyl (C=O) groups is 1. The number of hydrogen-bond donors (Lipinski definition) is 3. The molecule has 4 nitrogen and oxygen atoms in total. The van der Waals surface area contributed by atoms with E-state index in [9.17, 15) is 15.0 Å². The highest BCUT2D eigenvalue weighted by Gasteiger charge is 2.56. The number of para-hydroxylation sites is 1. The van der Waals surface area contributed by atoms with E-state index in [4.69, 9.17) is 0 Å². The molecule has 1 amide bonds. The van der Waals surface area contributed by atoms with Gasteiger partial charge in [-0.05, 0) is 104 Å². The summed E-state index contributed by atoms with van der Waals surface area (Å²) in [5, 5.41) is 26.2. The maximum atomic E-state index is 13.0. The molecular formula is C42H57NO3. The van der Waals surface area contributed by atoms with Crippen molar-refractivity contribution in [3.63, 3.8) is 0 Å². The molecule has 3 N–H and O–H groups in total. The molecule has 0 aliphatic heterocycles. The van der Waals surface area contributed by atoms with Crippen LogP contribution < -0.4 is 5.32 Å². The number of rotatable bonds is 10. The molecule has 0 fully saturated rings. The van der Waals surface area contributed by atoms with Crippen LogP contribution in [-0.2, 0) is 33.9 Å². The number of nitrogens with one attached hydrogen (secondary N) is 1. The molecule has 2 aliphatic rings. The molecule has 0 bridgehead atoms. The zero-order valence-electron chi connectivity index (χ0n) is 30.0. The molecule has 46 heavy (non-hydrogen) atoms. The molecule has 5 rings (SSSR count).